The van der Waals surface area contributed by atoms with Gasteiger partial charge in [-0.3, -0.25) is 14.7 Å². The Morgan fingerprint density at radius 2 is 1.76 bits per heavy atom. The van der Waals surface area contributed by atoms with Gasteiger partial charge in [0, 0.05) is 36.9 Å². The summed E-state index contributed by atoms with van der Waals surface area (Å²) >= 11 is 0. The van der Waals surface area contributed by atoms with Crippen molar-refractivity contribution in [2.24, 2.45) is 17.8 Å². The molecule has 4 rings (SSSR count). The van der Waals surface area contributed by atoms with Crippen LogP contribution in [0.2, 0.25) is 0 Å². The number of carbonyl (C=O) groups excluding carboxylic acids is 1. The van der Waals surface area contributed by atoms with Gasteiger partial charge in [-0.2, -0.15) is 0 Å². The average Bonchev–Trinajstić information content (AvgIpc) is 2.84. The molecule has 2 heterocycles. The second-order valence-electron chi connectivity index (χ2n) is 11.0. The summed E-state index contributed by atoms with van der Waals surface area (Å²) in [6.07, 6.45) is 14.5. The smallest absolute Gasteiger partial charge is 0.225 e. The van der Waals surface area contributed by atoms with E-state index in [1.807, 2.05) is 12.3 Å². The molecule has 1 aromatic heterocycles. The molecular weight excluding hydrogens is 418 g/mol. The Kier molecular flexibility index (Phi) is 8.41. The maximum absolute atomic E-state index is 13.8. The normalized spacial score (nSPS) is 27.3. The highest BCUT2D eigenvalue weighted by Gasteiger charge is 2.37. The predicted molar refractivity (Wildman–Crippen MR) is 139 cm³/mol. The van der Waals surface area contributed by atoms with Crippen LogP contribution in [0.3, 0.4) is 0 Å². The van der Waals surface area contributed by atoms with Gasteiger partial charge in [-0.1, -0.05) is 69.0 Å². The van der Waals surface area contributed by atoms with Crippen LogP contribution in [0.25, 0.3) is 0 Å². The summed E-state index contributed by atoms with van der Waals surface area (Å²) in [5.41, 5.74) is 2.54. The number of nitrogens with zero attached hydrogens (tertiary/aromatic N) is 3. The van der Waals surface area contributed by atoms with E-state index in [2.05, 4.69) is 72.2 Å². The monoisotopic (exact) mass is 461 g/mol. The Morgan fingerprint density at radius 3 is 2.41 bits per heavy atom. The number of hydrogen-bond donors (Lipinski definition) is 0. The fourth-order valence-electron chi connectivity index (χ4n) is 6.28. The summed E-state index contributed by atoms with van der Waals surface area (Å²) in [6, 6.07) is 15.1. The van der Waals surface area contributed by atoms with Gasteiger partial charge in [0.05, 0.1) is 0 Å². The molecule has 0 bridgehead atoms. The summed E-state index contributed by atoms with van der Waals surface area (Å²) in [5.74, 6) is 1.72. The standard InChI is InChI=1S/C30H43N3O/c1-24-27(21-25-11-7-12-25)14-8-17-30(32(2)3,28-15-5-4-6-16-28)18-10-20-33(29(24)34)23-26-13-9-19-31-22-26/h4-6,9,13,15-16,19,22,24-25,27H,7-8,10-12,14,17-18,20-21,23H2,1-3H3/t24?,27?,30-/m1/s1. The van der Waals surface area contributed by atoms with Gasteiger partial charge in [0.25, 0.3) is 0 Å². The molecule has 2 fully saturated rings. The van der Waals surface area contributed by atoms with Crippen LogP contribution < -0.4 is 0 Å². The van der Waals surface area contributed by atoms with Gasteiger partial charge >= 0.3 is 0 Å². The Morgan fingerprint density at radius 1 is 1.00 bits per heavy atom. The first-order valence-corrected chi connectivity index (χ1v) is 13.4. The lowest BCUT2D eigenvalue weighted by molar-refractivity contribution is -0.138. The first kappa shape index (κ1) is 24.9. The third kappa shape index (κ3) is 5.71. The van der Waals surface area contributed by atoms with E-state index in [4.69, 9.17) is 0 Å². The molecule has 1 saturated heterocycles. The minimum absolute atomic E-state index is 0.0128. The molecule has 1 aliphatic heterocycles. The van der Waals surface area contributed by atoms with E-state index < -0.39 is 0 Å². The van der Waals surface area contributed by atoms with Crippen molar-refractivity contribution in [1.82, 2.24) is 14.8 Å². The van der Waals surface area contributed by atoms with Gasteiger partial charge in [0.2, 0.25) is 5.91 Å². The summed E-state index contributed by atoms with van der Waals surface area (Å²) < 4.78 is 0. The van der Waals surface area contributed by atoms with Crippen LogP contribution in [0, 0.1) is 17.8 Å². The first-order chi connectivity index (χ1) is 16.5. The van der Waals surface area contributed by atoms with Crippen molar-refractivity contribution in [3.05, 3.63) is 66.0 Å². The van der Waals surface area contributed by atoms with Crippen LogP contribution in [0.1, 0.15) is 75.8 Å². The summed E-state index contributed by atoms with van der Waals surface area (Å²) in [6.45, 7) is 3.67. The maximum Gasteiger partial charge on any atom is 0.225 e. The number of hydrogen-bond acceptors (Lipinski definition) is 3. The van der Waals surface area contributed by atoms with Crippen molar-refractivity contribution in [3.63, 3.8) is 0 Å². The zero-order valence-electron chi connectivity index (χ0n) is 21.5. The molecule has 1 aromatic carbocycles. The third-order valence-electron chi connectivity index (χ3n) is 8.72. The highest BCUT2D eigenvalue weighted by Crippen LogP contribution is 2.41. The van der Waals surface area contributed by atoms with Crippen LogP contribution in [0.15, 0.2) is 54.9 Å². The van der Waals surface area contributed by atoms with Crippen LogP contribution in [-0.4, -0.2) is 41.3 Å². The molecule has 1 amide bonds. The zero-order valence-corrected chi connectivity index (χ0v) is 21.5. The lowest BCUT2D eigenvalue weighted by Crippen LogP contribution is -2.42. The van der Waals surface area contributed by atoms with Gasteiger partial charge in [-0.05, 0) is 75.2 Å². The van der Waals surface area contributed by atoms with E-state index in [1.165, 1.54) is 37.7 Å². The van der Waals surface area contributed by atoms with E-state index in [0.29, 0.717) is 18.4 Å². The van der Waals surface area contributed by atoms with E-state index in [-0.39, 0.29) is 11.5 Å². The number of amides is 1. The minimum atomic E-state index is 0.0128. The molecule has 3 atom stereocenters. The van der Waals surface area contributed by atoms with Gasteiger partial charge in [0.15, 0.2) is 0 Å². The van der Waals surface area contributed by atoms with Crippen molar-refractivity contribution < 1.29 is 4.79 Å². The first-order valence-electron chi connectivity index (χ1n) is 13.4. The average molecular weight is 462 g/mol. The Hall–Kier alpha value is -2.20. The van der Waals surface area contributed by atoms with Gasteiger partial charge in [-0.25, -0.2) is 0 Å². The van der Waals surface area contributed by atoms with Gasteiger partial charge < -0.3 is 4.90 Å². The fraction of sp³-hybridized carbons (Fsp3) is 0.600. The molecule has 4 heteroatoms. The molecule has 184 valence electrons. The Balaban J connectivity index is 1.62. The van der Waals surface area contributed by atoms with Crippen molar-refractivity contribution in [2.45, 2.75) is 76.8 Å². The summed E-state index contributed by atoms with van der Waals surface area (Å²) in [7, 11) is 4.47. The lowest BCUT2D eigenvalue weighted by Gasteiger charge is -2.41. The molecule has 2 unspecified atom stereocenters. The molecule has 1 saturated carbocycles. The number of benzene rings is 1. The minimum Gasteiger partial charge on any atom is -0.338 e. The van der Waals surface area contributed by atoms with Crippen molar-refractivity contribution in [1.29, 1.82) is 0 Å². The molecule has 34 heavy (non-hydrogen) atoms. The Labute approximate surface area is 206 Å². The largest absolute Gasteiger partial charge is 0.338 e. The zero-order chi connectivity index (χ0) is 24.0. The number of pyridine rings is 1. The molecule has 4 nitrogen and oxygen atoms in total. The molecule has 0 spiro atoms. The van der Waals surface area contributed by atoms with Crippen molar-refractivity contribution >= 4 is 5.91 Å². The second-order valence-corrected chi connectivity index (χ2v) is 11.0. The van der Waals surface area contributed by atoms with Crippen LogP contribution >= 0.6 is 0 Å². The SMILES string of the molecule is CC1C(=O)N(Cc2cccnc2)CCC[C@](c2ccccc2)(N(C)C)CCCC1CC1CCC1. The molecule has 0 radical (unpaired) electrons. The Bertz CT molecular complexity index is 896. The van der Waals surface area contributed by atoms with Crippen LogP contribution in [0.4, 0.5) is 0 Å². The van der Waals surface area contributed by atoms with Crippen LogP contribution in [0.5, 0.6) is 0 Å². The number of rotatable bonds is 6. The highest BCUT2D eigenvalue weighted by atomic mass is 16.2. The third-order valence-corrected chi connectivity index (χ3v) is 8.72. The fourth-order valence-corrected chi connectivity index (χ4v) is 6.28. The molecule has 2 aromatic rings. The maximum atomic E-state index is 13.8. The summed E-state index contributed by atoms with van der Waals surface area (Å²) in [5, 5.41) is 0. The lowest BCUT2D eigenvalue weighted by atomic mass is 9.73. The van der Waals surface area contributed by atoms with Crippen LogP contribution in [-0.2, 0) is 16.9 Å². The predicted octanol–water partition coefficient (Wildman–Crippen LogP) is 6.27. The van der Waals surface area contributed by atoms with E-state index in [1.54, 1.807) is 6.20 Å². The molecule has 2 aliphatic rings. The number of carbonyl (C=O) groups is 1. The highest BCUT2D eigenvalue weighted by molar-refractivity contribution is 5.78. The van der Waals surface area contributed by atoms with Crippen molar-refractivity contribution in [3.8, 4) is 0 Å². The topological polar surface area (TPSA) is 36.4 Å². The van der Waals surface area contributed by atoms with Gasteiger partial charge in [-0.15, -0.1) is 0 Å². The van der Waals surface area contributed by atoms with E-state index >= 15 is 0 Å². The van der Waals surface area contributed by atoms with E-state index in [0.717, 1.165) is 43.7 Å². The van der Waals surface area contributed by atoms with E-state index in [9.17, 15) is 4.79 Å². The number of aromatic nitrogens is 1. The van der Waals surface area contributed by atoms with Gasteiger partial charge in [0.1, 0.15) is 0 Å². The second kappa shape index (κ2) is 11.5. The summed E-state index contributed by atoms with van der Waals surface area (Å²) in [4.78, 5) is 22.7. The molecule has 0 N–H and O–H groups in total. The molecule has 1 aliphatic carbocycles. The quantitative estimate of drug-likeness (QED) is 0.508. The molecular formula is C30H43N3O. The van der Waals surface area contributed by atoms with Crippen molar-refractivity contribution in [2.75, 3.05) is 20.6 Å².